The monoisotopic (exact) mass is 332 g/mol. The molecule has 2 fully saturated rings. The fourth-order valence-electron chi connectivity index (χ4n) is 4.09. The van der Waals surface area contributed by atoms with Gasteiger partial charge in [-0.25, -0.2) is 0 Å². The highest BCUT2D eigenvalue weighted by Crippen LogP contribution is 2.37. The van der Waals surface area contributed by atoms with Gasteiger partial charge in [0.1, 0.15) is 6.04 Å². The number of likely N-dealkylation sites (tertiary alicyclic amines) is 1. The van der Waals surface area contributed by atoms with Crippen LogP contribution in [0.5, 0.6) is 0 Å². The summed E-state index contributed by atoms with van der Waals surface area (Å²) in [6, 6.07) is -0.370. The van der Waals surface area contributed by atoms with Gasteiger partial charge in [-0.15, -0.1) is 0 Å². The number of allylic oxidation sites excluding steroid dienone is 2. The minimum atomic E-state index is -0.638. The number of rotatable bonds is 5. The molecule has 3 amide bonds. The molecule has 1 saturated heterocycles. The number of hydrogen-bond acceptors (Lipinski definition) is 3. The lowest BCUT2D eigenvalue weighted by Gasteiger charge is -2.38. The maximum Gasteiger partial charge on any atom is 0.245 e. The molecular formula is C19H28N2O3. The summed E-state index contributed by atoms with van der Waals surface area (Å²) in [4.78, 5) is 41.9. The molecule has 5 heteroatoms. The number of carbonyl (C=O) groups excluding carboxylic acids is 3. The summed E-state index contributed by atoms with van der Waals surface area (Å²) in [7, 11) is 1.82. The van der Waals surface area contributed by atoms with Crippen LogP contribution in [-0.2, 0) is 14.4 Å². The van der Waals surface area contributed by atoms with Gasteiger partial charge < -0.3 is 4.90 Å². The molecule has 0 aromatic heterocycles. The zero-order valence-electron chi connectivity index (χ0n) is 14.9. The van der Waals surface area contributed by atoms with Crippen LogP contribution in [0.1, 0.15) is 52.4 Å². The Morgan fingerprint density at radius 3 is 2.12 bits per heavy atom. The predicted molar refractivity (Wildman–Crippen MR) is 90.9 cm³/mol. The first kappa shape index (κ1) is 17.2. The van der Waals surface area contributed by atoms with Gasteiger partial charge in [0.25, 0.3) is 0 Å². The van der Waals surface area contributed by atoms with E-state index in [0.717, 1.165) is 19.3 Å². The van der Waals surface area contributed by atoms with Crippen LogP contribution in [0, 0.1) is 17.8 Å². The van der Waals surface area contributed by atoms with Crippen LogP contribution in [0.25, 0.3) is 0 Å². The Balaban J connectivity index is 1.84. The lowest BCUT2D eigenvalue weighted by molar-refractivity contribution is -0.153. The van der Waals surface area contributed by atoms with Crippen LogP contribution in [0.2, 0.25) is 0 Å². The van der Waals surface area contributed by atoms with Gasteiger partial charge in [-0.05, 0) is 44.4 Å². The van der Waals surface area contributed by atoms with Gasteiger partial charge in [0.15, 0.2) is 0 Å². The molecule has 132 valence electrons. The third-order valence-corrected chi connectivity index (χ3v) is 5.80. The summed E-state index contributed by atoms with van der Waals surface area (Å²) in [5, 5.41) is 0. The third kappa shape index (κ3) is 2.89. The maximum atomic E-state index is 13.1. The van der Waals surface area contributed by atoms with Crippen molar-refractivity contribution in [1.82, 2.24) is 9.80 Å². The number of nitrogens with zero attached hydrogens (tertiary/aromatic N) is 2. The predicted octanol–water partition coefficient (Wildman–Crippen LogP) is 2.36. The van der Waals surface area contributed by atoms with Crippen molar-refractivity contribution in [1.29, 1.82) is 0 Å². The first-order valence-corrected chi connectivity index (χ1v) is 9.20. The Kier molecular flexibility index (Phi) is 4.79. The molecule has 5 nitrogen and oxygen atoms in total. The van der Waals surface area contributed by atoms with Crippen LogP contribution in [-0.4, -0.2) is 46.7 Å². The highest BCUT2D eigenvalue weighted by Gasteiger charge is 2.51. The number of amides is 3. The van der Waals surface area contributed by atoms with Gasteiger partial charge in [0.05, 0.1) is 11.8 Å². The Hall–Kier alpha value is -1.65. The van der Waals surface area contributed by atoms with Crippen molar-refractivity contribution in [2.24, 2.45) is 17.8 Å². The zero-order chi connectivity index (χ0) is 17.4. The van der Waals surface area contributed by atoms with E-state index in [1.54, 1.807) is 4.90 Å². The highest BCUT2D eigenvalue weighted by molar-refractivity contribution is 6.08. The van der Waals surface area contributed by atoms with Gasteiger partial charge in [-0.1, -0.05) is 26.0 Å². The van der Waals surface area contributed by atoms with E-state index in [2.05, 4.69) is 0 Å². The van der Waals surface area contributed by atoms with E-state index in [1.807, 2.05) is 33.0 Å². The Morgan fingerprint density at radius 2 is 1.71 bits per heavy atom. The molecule has 0 bridgehead atoms. The quantitative estimate of drug-likeness (QED) is 0.574. The number of imide groups is 1. The van der Waals surface area contributed by atoms with Gasteiger partial charge in [-0.2, -0.15) is 0 Å². The molecule has 24 heavy (non-hydrogen) atoms. The van der Waals surface area contributed by atoms with E-state index in [-0.39, 0.29) is 41.5 Å². The Bertz CT molecular complexity index is 539. The second-order valence-electron chi connectivity index (χ2n) is 7.88. The molecule has 3 rings (SSSR count). The summed E-state index contributed by atoms with van der Waals surface area (Å²) in [5.41, 5.74) is 0. The summed E-state index contributed by atoms with van der Waals surface area (Å²) in [6.07, 6.45) is 8.93. The van der Waals surface area contributed by atoms with E-state index in [9.17, 15) is 14.4 Å². The molecule has 0 unspecified atom stereocenters. The van der Waals surface area contributed by atoms with Crippen LogP contribution in [0.15, 0.2) is 12.2 Å². The zero-order valence-corrected chi connectivity index (χ0v) is 14.9. The summed E-state index contributed by atoms with van der Waals surface area (Å²) in [5.74, 6) is -0.638. The highest BCUT2D eigenvalue weighted by atomic mass is 16.2. The number of likely N-dealkylation sites (N-methyl/N-ethyl adjacent to an activating group) is 1. The van der Waals surface area contributed by atoms with Crippen molar-refractivity contribution in [3.63, 3.8) is 0 Å². The largest absolute Gasteiger partial charge is 0.341 e. The molecular weight excluding hydrogens is 304 g/mol. The van der Waals surface area contributed by atoms with Crippen LogP contribution in [0.4, 0.5) is 0 Å². The van der Waals surface area contributed by atoms with E-state index in [0.29, 0.717) is 19.3 Å². The summed E-state index contributed by atoms with van der Waals surface area (Å²) >= 11 is 0. The second kappa shape index (κ2) is 6.69. The minimum Gasteiger partial charge on any atom is -0.341 e. The number of hydrogen-bond donors (Lipinski definition) is 0. The van der Waals surface area contributed by atoms with Crippen molar-refractivity contribution in [2.75, 3.05) is 7.05 Å². The molecule has 1 aliphatic heterocycles. The van der Waals surface area contributed by atoms with Crippen molar-refractivity contribution < 1.29 is 14.4 Å². The molecule has 0 spiro atoms. The van der Waals surface area contributed by atoms with E-state index in [1.165, 1.54) is 4.90 Å². The molecule has 3 aliphatic rings. The first-order chi connectivity index (χ1) is 11.4. The van der Waals surface area contributed by atoms with Crippen molar-refractivity contribution in [2.45, 2.75) is 64.5 Å². The fraction of sp³-hybridized carbons (Fsp3) is 0.737. The van der Waals surface area contributed by atoms with Gasteiger partial charge in [-0.3, -0.25) is 19.3 Å². The average molecular weight is 332 g/mol. The topological polar surface area (TPSA) is 57.7 Å². The second-order valence-corrected chi connectivity index (χ2v) is 7.88. The van der Waals surface area contributed by atoms with Gasteiger partial charge >= 0.3 is 0 Å². The van der Waals surface area contributed by atoms with Crippen molar-refractivity contribution in [3.05, 3.63) is 12.2 Å². The maximum absolute atomic E-state index is 13.1. The van der Waals surface area contributed by atoms with Crippen LogP contribution in [0.3, 0.4) is 0 Å². The number of fused-ring (bicyclic) bond motifs is 1. The lowest BCUT2D eigenvalue weighted by Crippen LogP contribution is -2.54. The standard InChI is InChI=1S/C19H28N2O3/c1-12(2)11-16(19(24)20(3)13-7-6-8-13)21-17(22)14-9-4-5-10-15(14)18(21)23/h4-5,12-16H,6-11H2,1-3H3/t14-,15+,16-/m1/s1. The first-order valence-electron chi connectivity index (χ1n) is 9.20. The van der Waals surface area contributed by atoms with E-state index >= 15 is 0 Å². The van der Waals surface area contributed by atoms with Gasteiger partial charge in [0, 0.05) is 13.1 Å². The minimum absolute atomic E-state index is 0.0679. The summed E-state index contributed by atoms with van der Waals surface area (Å²) < 4.78 is 0. The molecule has 0 radical (unpaired) electrons. The Labute approximate surface area is 144 Å². The Morgan fingerprint density at radius 1 is 1.17 bits per heavy atom. The molecule has 2 aliphatic carbocycles. The smallest absolute Gasteiger partial charge is 0.245 e. The van der Waals surface area contributed by atoms with Crippen LogP contribution < -0.4 is 0 Å². The molecule has 1 saturated carbocycles. The molecule has 1 heterocycles. The lowest BCUT2D eigenvalue weighted by atomic mass is 9.85. The SMILES string of the molecule is CC(C)C[C@H](C(=O)N(C)C1CCC1)N1C(=O)[C@H]2CC=CC[C@H]2C1=O. The molecule has 0 aromatic rings. The molecule has 3 atom stereocenters. The average Bonchev–Trinajstić information content (AvgIpc) is 2.74. The van der Waals surface area contributed by atoms with Crippen molar-refractivity contribution >= 4 is 17.7 Å². The van der Waals surface area contributed by atoms with E-state index < -0.39 is 6.04 Å². The van der Waals surface area contributed by atoms with Gasteiger partial charge in [0.2, 0.25) is 17.7 Å². The normalized spacial score (nSPS) is 28.1. The summed E-state index contributed by atoms with van der Waals surface area (Å²) in [6.45, 7) is 4.06. The molecule has 0 aromatic carbocycles. The molecule has 0 N–H and O–H groups in total. The third-order valence-electron chi connectivity index (χ3n) is 5.80. The fourth-order valence-corrected chi connectivity index (χ4v) is 4.09. The van der Waals surface area contributed by atoms with E-state index in [4.69, 9.17) is 0 Å². The van der Waals surface area contributed by atoms with Crippen molar-refractivity contribution in [3.8, 4) is 0 Å². The number of carbonyl (C=O) groups is 3. The van der Waals surface area contributed by atoms with Crippen LogP contribution >= 0.6 is 0 Å².